The molecule has 2 aromatic rings. The zero-order chi connectivity index (χ0) is 17.1. The molecule has 0 aliphatic carbocycles. The van der Waals surface area contributed by atoms with Crippen LogP contribution in [0.5, 0.6) is 0 Å². The highest BCUT2D eigenvalue weighted by Gasteiger charge is 2.23. The third-order valence-corrected chi connectivity index (χ3v) is 5.63. The van der Waals surface area contributed by atoms with Gasteiger partial charge in [0.25, 0.3) is 5.91 Å². The van der Waals surface area contributed by atoms with Gasteiger partial charge in [0.1, 0.15) is 0 Å². The highest BCUT2D eigenvalue weighted by Crippen LogP contribution is 2.20. The Balaban J connectivity index is 1.55. The maximum absolute atomic E-state index is 12.4. The number of halogens is 1. The normalized spacial score (nSPS) is 14.6. The number of carbonyl (C=O) groups is 1. The lowest BCUT2D eigenvalue weighted by Gasteiger charge is -2.36. The minimum Gasteiger partial charge on any atom is -0.345 e. The summed E-state index contributed by atoms with van der Waals surface area (Å²) in [5.41, 5.74) is 1.92. The quantitative estimate of drug-likeness (QED) is 0.803. The maximum Gasteiger partial charge on any atom is 0.264 e. The summed E-state index contributed by atoms with van der Waals surface area (Å²) in [6.07, 6.45) is 0. The number of benzene rings is 1. The van der Waals surface area contributed by atoms with Gasteiger partial charge in [0.05, 0.1) is 4.88 Å². The maximum atomic E-state index is 12.4. The molecule has 1 aromatic carbocycles. The van der Waals surface area contributed by atoms with Crippen molar-refractivity contribution in [1.29, 1.82) is 0 Å². The first kappa shape index (κ1) is 17.2. The molecule has 0 spiro atoms. The number of thiocarbonyl (C=S) groups is 1. The van der Waals surface area contributed by atoms with Crippen molar-refractivity contribution in [3.8, 4) is 0 Å². The molecule has 0 saturated carbocycles. The third kappa shape index (κ3) is 3.88. The van der Waals surface area contributed by atoms with Gasteiger partial charge in [0, 0.05) is 36.9 Å². The lowest BCUT2D eigenvalue weighted by Crippen LogP contribution is -2.51. The Hall–Kier alpha value is -1.63. The van der Waals surface area contributed by atoms with Crippen LogP contribution in [0.1, 0.15) is 15.2 Å². The highest BCUT2D eigenvalue weighted by molar-refractivity contribution is 7.80. The van der Waals surface area contributed by atoms with Crippen LogP contribution in [-0.4, -0.2) is 47.0 Å². The molecular weight excluding hydrogens is 362 g/mol. The van der Waals surface area contributed by atoms with Crippen LogP contribution in [0.2, 0.25) is 5.02 Å². The Morgan fingerprint density at radius 3 is 2.54 bits per heavy atom. The Kier molecular flexibility index (Phi) is 5.38. The number of aryl methyl sites for hydroxylation is 1. The van der Waals surface area contributed by atoms with E-state index in [0.717, 1.165) is 29.2 Å². The van der Waals surface area contributed by atoms with Crippen molar-refractivity contribution in [1.82, 2.24) is 9.80 Å². The molecule has 1 aliphatic rings. The van der Waals surface area contributed by atoms with E-state index >= 15 is 0 Å². The zero-order valence-corrected chi connectivity index (χ0v) is 15.7. The molecule has 126 valence electrons. The molecule has 24 heavy (non-hydrogen) atoms. The summed E-state index contributed by atoms with van der Waals surface area (Å²) in [7, 11) is 0. The summed E-state index contributed by atoms with van der Waals surface area (Å²) < 4.78 is 0. The van der Waals surface area contributed by atoms with Gasteiger partial charge < -0.3 is 15.1 Å². The molecule has 1 amide bonds. The number of rotatable bonds is 2. The molecular formula is C17H18ClN3OS2. The van der Waals surface area contributed by atoms with Crippen LogP contribution in [-0.2, 0) is 0 Å². The Bertz CT molecular complexity index is 740. The van der Waals surface area contributed by atoms with Crippen LogP contribution in [0.4, 0.5) is 5.69 Å². The van der Waals surface area contributed by atoms with E-state index in [-0.39, 0.29) is 5.91 Å². The van der Waals surface area contributed by atoms with E-state index in [0.29, 0.717) is 23.2 Å². The van der Waals surface area contributed by atoms with Crippen LogP contribution in [0.25, 0.3) is 0 Å². The smallest absolute Gasteiger partial charge is 0.264 e. The number of piperazine rings is 1. The first-order valence-corrected chi connectivity index (χ1v) is 9.36. The molecule has 1 aromatic heterocycles. The molecule has 1 fully saturated rings. The van der Waals surface area contributed by atoms with Crippen molar-refractivity contribution in [2.45, 2.75) is 6.92 Å². The summed E-state index contributed by atoms with van der Waals surface area (Å²) in [6.45, 7) is 4.76. The van der Waals surface area contributed by atoms with E-state index in [1.54, 1.807) is 0 Å². The fourth-order valence-corrected chi connectivity index (χ4v) is 3.71. The van der Waals surface area contributed by atoms with E-state index < -0.39 is 0 Å². The van der Waals surface area contributed by atoms with Crippen molar-refractivity contribution in [2.24, 2.45) is 0 Å². The molecule has 0 atom stereocenters. The topological polar surface area (TPSA) is 35.6 Å². The van der Waals surface area contributed by atoms with Crippen molar-refractivity contribution in [3.63, 3.8) is 0 Å². The molecule has 0 unspecified atom stereocenters. The van der Waals surface area contributed by atoms with Crippen molar-refractivity contribution >= 4 is 51.9 Å². The molecule has 7 heteroatoms. The molecule has 1 N–H and O–H groups in total. The number of amides is 1. The van der Waals surface area contributed by atoms with Crippen LogP contribution >= 0.6 is 35.2 Å². The van der Waals surface area contributed by atoms with Gasteiger partial charge in [-0.1, -0.05) is 23.7 Å². The van der Waals surface area contributed by atoms with Crippen LogP contribution < -0.4 is 5.32 Å². The highest BCUT2D eigenvalue weighted by atomic mass is 35.5. The number of anilines is 1. The number of thiophene rings is 1. The monoisotopic (exact) mass is 379 g/mol. The van der Waals surface area contributed by atoms with Gasteiger partial charge in [-0.05, 0) is 48.3 Å². The van der Waals surface area contributed by atoms with Crippen LogP contribution in [0, 0.1) is 6.92 Å². The van der Waals surface area contributed by atoms with Crippen molar-refractivity contribution < 1.29 is 4.79 Å². The molecule has 1 saturated heterocycles. The predicted octanol–water partition coefficient (Wildman–Crippen LogP) is 3.86. The van der Waals surface area contributed by atoms with Gasteiger partial charge in [0.2, 0.25) is 0 Å². The van der Waals surface area contributed by atoms with Crippen LogP contribution in [0.15, 0.2) is 35.7 Å². The van der Waals surface area contributed by atoms with Crippen molar-refractivity contribution in [3.05, 3.63) is 51.2 Å². The predicted molar refractivity (Wildman–Crippen MR) is 104 cm³/mol. The second-order valence-corrected chi connectivity index (χ2v) is 7.39. The van der Waals surface area contributed by atoms with Crippen LogP contribution in [0.3, 0.4) is 0 Å². The molecule has 4 nitrogen and oxygen atoms in total. The second-order valence-electron chi connectivity index (χ2n) is 5.65. The van der Waals surface area contributed by atoms with Gasteiger partial charge >= 0.3 is 0 Å². The van der Waals surface area contributed by atoms with E-state index in [1.807, 2.05) is 47.5 Å². The van der Waals surface area contributed by atoms with E-state index in [1.165, 1.54) is 11.3 Å². The van der Waals surface area contributed by atoms with Crippen molar-refractivity contribution in [2.75, 3.05) is 31.5 Å². The molecule has 0 radical (unpaired) electrons. The number of carbonyl (C=O) groups excluding carboxylic acids is 1. The number of hydrogen-bond acceptors (Lipinski definition) is 3. The minimum absolute atomic E-state index is 0.105. The third-order valence-electron chi connectivity index (χ3n) is 4.01. The lowest BCUT2D eigenvalue weighted by atomic mass is 10.2. The Labute approximate surface area is 156 Å². The van der Waals surface area contributed by atoms with Gasteiger partial charge in [-0.2, -0.15) is 0 Å². The van der Waals surface area contributed by atoms with E-state index in [4.69, 9.17) is 23.8 Å². The Morgan fingerprint density at radius 2 is 1.92 bits per heavy atom. The number of nitrogens with zero attached hydrogens (tertiary/aromatic N) is 2. The fourth-order valence-electron chi connectivity index (χ4n) is 2.54. The van der Waals surface area contributed by atoms with E-state index in [2.05, 4.69) is 10.2 Å². The average Bonchev–Trinajstić information content (AvgIpc) is 3.12. The standard InChI is InChI=1S/C17H18ClN3OS2/c1-12-4-5-13(11-14(12)18)19-17(23)21-8-6-20(7-9-21)16(22)15-3-2-10-24-15/h2-5,10-11H,6-9H2,1H3,(H,19,23). The minimum atomic E-state index is 0.105. The molecule has 2 heterocycles. The zero-order valence-electron chi connectivity index (χ0n) is 13.3. The molecule has 3 rings (SSSR count). The largest absolute Gasteiger partial charge is 0.345 e. The Morgan fingerprint density at radius 1 is 1.21 bits per heavy atom. The summed E-state index contributed by atoms with van der Waals surface area (Å²) >= 11 is 13.1. The van der Waals surface area contributed by atoms with Gasteiger partial charge in [0.15, 0.2) is 5.11 Å². The van der Waals surface area contributed by atoms with Gasteiger partial charge in [-0.15, -0.1) is 11.3 Å². The molecule has 1 aliphatic heterocycles. The SMILES string of the molecule is Cc1ccc(NC(=S)N2CCN(C(=O)c3cccs3)CC2)cc1Cl. The number of hydrogen-bond donors (Lipinski definition) is 1. The summed E-state index contributed by atoms with van der Waals surface area (Å²) in [5.74, 6) is 0.105. The van der Waals surface area contributed by atoms with Gasteiger partial charge in [-0.25, -0.2) is 0 Å². The lowest BCUT2D eigenvalue weighted by molar-refractivity contribution is 0.0698. The molecule has 0 bridgehead atoms. The second kappa shape index (κ2) is 7.51. The first-order valence-electron chi connectivity index (χ1n) is 7.69. The summed E-state index contributed by atoms with van der Waals surface area (Å²) in [5, 5.41) is 6.53. The van der Waals surface area contributed by atoms with Gasteiger partial charge in [-0.3, -0.25) is 4.79 Å². The first-order chi connectivity index (χ1) is 11.5. The summed E-state index contributed by atoms with van der Waals surface area (Å²) in [6, 6.07) is 9.57. The average molecular weight is 380 g/mol. The summed E-state index contributed by atoms with van der Waals surface area (Å²) in [4.78, 5) is 17.1. The van der Waals surface area contributed by atoms with E-state index in [9.17, 15) is 4.79 Å². The fraction of sp³-hybridized carbons (Fsp3) is 0.294. The number of nitrogens with one attached hydrogen (secondary N) is 1.